The molecule has 21 heavy (non-hydrogen) atoms. The van der Waals surface area contributed by atoms with E-state index < -0.39 is 12.1 Å². The summed E-state index contributed by atoms with van der Waals surface area (Å²) in [4.78, 5) is 23.9. The van der Waals surface area contributed by atoms with Crippen LogP contribution in [0.5, 0.6) is 0 Å². The number of hydrogen-bond acceptors (Lipinski definition) is 4. The zero-order chi connectivity index (χ0) is 16.0. The molecule has 6 heteroatoms. The Hall–Kier alpha value is -1.56. The van der Waals surface area contributed by atoms with Crippen molar-refractivity contribution in [1.29, 1.82) is 0 Å². The van der Waals surface area contributed by atoms with E-state index in [2.05, 4.69) is 21.2 Å². The third-order valence-electron chi connectivity index (χ3n) is 2.92. The minimum Gasteiger partial charge on any atom is -0.449 e. The molecule has 0 heterocycles. The summed E-state index contributed by atoms with van der Waals surface area (Å²) in [5.74, 6) is -0.874. The minimum absolute atomic E-state index is 0.0603. The van der Waals surface area contributed by atoms with Crippen molar-refractivity contribution in [3.63, 3.8) is 0 Å². The van der Waals surface area contributed by atoms with Gasteiger partial charge in [-0.25, -0.2) is 4.79 Å². The second-order valence-corrected chi connectivity index (χ2v) is 5.93. The number of nitrogens with two attached hydrogens (primary N) is 1. The molecule has 0 aliphatic heterocycles. The molecule has 0 radical (unpaired) electrons. The lowest BCUT2D eigenvalue weighted by Gasteiger charge is -2.17. The Morgan fingerprint density at radius 1 is 1.33 bits per heavy atom. The van der Waals surface area contributed by atoms with E-state index in [0.29, 0.717) is 15.7 Å². The number of nitrogens with one attached hydrogen (secondary N) is 1. The lowest BCUT2D eigenvalue weighted by atomic mass is 10.2. The molecule has 0 bridgehead atoms. The van der Waals surface area contributed by atoms with Crippen LogP contribution in [0.3, 0.4) is 0 Å². The van der Waals surface area contributed by atoms with Crippen LogP contribution >= 0.6 is 15.9 Å². The SMILES string of the molecule is CCCC(C)NC(=O)C(C)OC(=O)c1cc(N)cc(Br)c1. The van der Waals surface area contributed by atoms with Gasteiger partial charge in [-0.05, 0) is 38.5 Å². The Kier molecular flexibility index (Phi) is 6.68. The fraction of sp³-hybridized carbons (Fsp3) is 0.467. The predicted molar refractivity (Wildman–Crippen MR) is 85.9 cm³/mol. The van der Waals surface area contributed by atoms with Gasteiger partial charge in [-0.15, -0.1) is 0 Å². The zero-order valence-electron chi connectivity index (χ0n) is 12.5. The Morgan fingerprint density at radius 3 is 2.57 bits per heavy atom. The number of ether oxygens (including phenoxy) is 1. The highest BCUT2D eigenvalue weighted by Gasteiger charge is 2.20. The van der Waals surface area contributed by atoms with E-state index in [1.54, 1.807) is 19.1 Å². The number of halogens is 1. The monoisotopic (exact) mass is 356 g/mol. The van der Waals surface area contributed by atoms with Crippen LogP contribution in [-0.4, -0.2) is 24.0 Å². The van der Waals surface area contributed by atoms with Gasteiger partial charge in [-0.3, -0.25) is 4.79 Å². The van der Waals surface area contributed by atoms with Gasteiger partial charge in [0.1, 0.15) is 0 Å². The fourth-order valence-electron chi connectivity index (χ4n) is 1.88. The Morgan fingerprint density at radius 2 is 2.00 bits per heavy atom. The maximum Gasteiger partial charge on any atom is 0.339 e. The van der Waals surface area contributed by atoms with Crippen molar-refractivity contribution in [2.75, 3.05) is 5.73 Å². The summed E-state index contributed by atoms with van der Waals surface area (Å²) in [5, 5.41) is 2.81. The molecule has 2 unspecified atom stereocenters. The van der Waals surface area contributed by atoms with Crippen LogP contribution in [0.15, 0.2) is 22.7 Å². The first kappa shape index (κ1) is 17.5. The predicted octanol–water partition coefficient (Wildman–Crippen LogP) is 2.88. The number of nitrogen functional groups attached to an aromatic ring is 1. The van der Waals surface area contributed by atoms with Crippen LogP contribution in [0.1, 0.15) is 44.0 Å². The summed E-state index contributed by atoms with van der Waals surface area (Å²) in [7, 11) is 0. The summed E-state index contributed by atoms with van der Waals surface area (Å²) >= 11 is 3.26. The second-order valence-electron chi connectivity index (χ2n) is 5.02. The summed E-state index contributed by atoms with van der Waals surface area (Å²) < 4.78 is 5.84. The van der Waals surface area contributed by atoms with Gasteiger partial charge in [-0.1, -0.05) is 29.3 Å². The molecule has 1 rings (SSSR count). The van der Waals surface area contributed by atoms with E-state index in [9.17, 15) is 9.59 Å². The number of rotatable bonds is 6. The highest BCUT2D eigenvalue weighted by atomic mass is 79.9. The van der Waals surface area contributed by atoms with E-state index in [-0.39, 0.29) is 11.9 Å². The first-order valence-corrected chi connectivity index (χ1v) is 7.70. The maximum atomic E-state index is 12.0. The van der Waals surface area contributed by atoms with Crippen molar-refractivity contribution in [2.45, 2.75) is 45.8 Å². The summed E-state index contributed by atoms with van der Waals surface area (Å²) in [6.07, 6.45) is 1.01. The van der Waals surface area contributed by atoms with Crippen molar-refractivity contribution in [3.05, 3.63) is 28.2 Å². The topological polar surface area (TPSA) is 81.4 Å². The Labute approximate surface area is 133 Å². The van der Waals surface area contributed by atoms with Crippen molar-refractivity contribution >= 4 is 33.5 Å². The number of hydrogen-bond donors (Lipinski definition) is 2. The van der Waals surface area contributed by atoms with Crippen LogP contribution < -0.4 is 11.1 Å². The molecule has 5 nitrogen and oxygen atoms in total. The van der Waals surface area contributed by atoms with Crippen LogP contribution in [0, 0.1) is 0 Å². The number of benzene rings is 1. The average molecular weight is 357 g/mol. The molecule has 0 aliphatic rings. The lowest BCUT2D eigenvalue weighted by Crippen LogP contribution is -2.40. The molecule has 2 atom stereocenters. The quantitative estimate of drug-likeness (QED) is 0.606. The molecular weight excluding hydrogens is 336 g/mol. The molecule has 0 aromatic heterocycles. The average Bonchev–Trinajstić information content (AvgIpc) is 2.37. The summed E-state index contributed by atoms with van der Waals surface area (Å²) in [6, 6.07) is 4.85. The van der Waals surface area contributed by atoms with Gasteiger partial charge in [0, 0.05) is 16.2 Å². The Balaban J connectivity index is 2.63. The van der Waals surface area contributed by atoms with Gasteiger partial charge in [0.2, 0.25) is 0 Å². The number of amides is 1. The van der Waals surface area contributed by atoms with E-state index in [1.807, 2.05) is 13.8 Å². The van der Waals surface area contributed by atoms with Crippen molar-refractivity contribution < 1.29 is 14.3 Å². The lowest BCUT2D eigenvalue weighted by molar-refractivity contribution is -0.129. The van der Waals surface area contributed by atoms with Gasteiger partial charge in [0.15, 0.2) is 6.10 Å². The summed E-state index contributed by atoms with van der Waals surface area (Å²) in [5.41, 5.74) is 6.43. The fourth-order valence-corrected chi connectivity index (χ4v) is 2.39. The number of anilines is 1. The third kappa shape index (κ3) is 5.75. The molecule has 116 valence electrons. The van der Waals surface area contributed by atoms with Gasteiger partial charge >= 0.3 is 5.97 Å². The summed E-state index contributed by atoms with van der Waals surface area (Å²) in [6.45, 7) is 5.52. The number of esters is 1. The van der Waals surface area contributed by atoms with Gasteiger partial charge in [0.05, 0.1) is 5.56 Å². The molecule has 1 amide bonds. The molecule has 1 aromatic rings. The number of carbonyl (C=O) groups excluding carboxylic acids is 2. The van der Waals surface area contributed by atoms with E-state index in [0.717, 1.165) is 12.8 Å². The van der Waals surface area contributed by atoms with Crippen LogP contribution in [0.4, 0.5) is 5.69 Å². The van der Waals surface area contributed by atoms with Gasteiger partial charge < -0.3 is 15.8 Å². The first-order chi connectivity index (χ1) is 9.83. The zero-order valence-corrected chi connectivity index (χ0v) is 14.1. The van der Waals surface area contributed by atoms with Crippen molar-refractivity contribution in [2.24, 2.45) is 0 Å². The standard InChI is InChI=1S/C15H21BrN2O3/c1-4-5-9(2)18-14(19)10(3)21-15(20)11-6-12(16)8-13(17)7-11/h6-10H,4-5,17H2,1-3H3,(H,18,19). The van der Waals surface area contributed by atoms with Crippen molar-refractivity contribution in [3.8, 4) is 0 Å². The smallest absolute Gasteiger partial charge is 0.339 e. The largest absolute Gasteiger partial charge is 0.449 e. The molecule has 0 saturated carbocycles. The van der Waals surface area contributed by atoms with Gasteiger partial charge in [0.25, 0.3) is 5.91 Å². The van der Waals surface area contributed by atoms with E-state index in [4.69, 9.17) is 10.5 Å². The van der Waals surface area contributed by atoms with Gasteiger partial charge in [-0.2, -0.15) is 0 Å². The number of carbonyl (C=O) groups is 2. The second kappa shape index (κ2) is 8.02. The molecule has 1 aromatic carbocycles. The van der Waals surface area contributed by atoms with Crippen molar-refractivity contribution in [1.82, 2.24) is 5.32 Å². The molecule has 0 fully saturated rings. The van der Waals surface area contributed by atoms with E-state index in [1.165, 1.54) is 6.07 Å². The molecule has 0 aliphatic carbocycles. The normalized spacial score (nSPS) is 13.3. The molecule has 3 N–H and O–H groups in total. The highest BCUT2D eigenvalue weighted by Crippen LogP contribution is 2.18. The molecule has 0 saturated heterocycles. The Bertz CT molecular complexity index is 499. The van der Waals surface area contributed by atoms with Crippen LogP contribution in [0.25, 0.3) is 0 Å². The molecule has 0 spiro atoms. The third-order valence-corrected chi connectivity index (χ3v) is 3.38. The first-order valence-electron chi connectivity index (χ1n) is 6.91. The minimum atomic E-state index is -0.850. The highest BCUT2D eigenvalue weighted by molar-refractivity contribution is 9.10. The molecular formula is C15H21BrN2O3. The van der Waals surface area contributed by atoms with Crippen LogP contribution in [-0.2, 0) is 9.53 Å². The van der Waals surface area contributed by atoms with Crippen LogP contribution in [0.2, 0.25) is 0 Å². The maximum absolute atomic E-state index is 12.0. The van der Waals surface area contributed by atoms with E-state index >= 15 is 0 Å².